The molecular formula is C12H19NO. The molecule has 0 aromatic carbocycles. The van der Waals surface area contributed by atoms with E-state index in [1.807, 2.05) is 7.05 Å². The molecule has 1 unspecified atom stereocenters. The van der Waals surface area contributed by atoms with Gasteiger partial charge in [0.2, 0.25) is 5.91 Å². The molecule has 0 N–H and O–H groups in total. The number of hydrogen-bond donors (Lipinski definition) is 0. The second-order valence-electron chi connectivity index (χ2n) is 3.87. The topological polar surface area (TPSA) is 20.3 Å². The van der Waals surface area contributed by atoms with Gasteiger partial charge < -0.3 is 4.90 Å². The van der Waals surface area contributed by atoms with E-state index in [1.54, 1.807) is 11.8 Å². The van der Waals surface area contributed by atoms with Crippen molar-refractivity contribution >= 4 is 5.91 Å². The van der Waals surface area contributed by atoms with Crippen LogP contribution in [0.15, 0.2) is 24.3 Å². The van der Waals surface area contributed by atoms with Crippen molar-refractivity contribution < 1.29 is 4.79 Å². The quantitative estimate of drug-likeness (QED) is 0.630. The van der Waals surface area contributed by atoms with Gasteiger partial charge in [0.1, 0.15) is 0 Å². The maximum absolute atomic E-state index is 10.9. The van der Waals surface area contributed by atoms with Crippen LogP contribution < -0.4 is 0 Å². The first-order valence-corrected chi connectivity index (χ1v) is 5.23. The van der Waals surface area contributed by atoms with Crippen molar-refractivity contribution in [1.29, 1.82) is 0 Å². The summed E-state index contributed by atoms with van der Waals surface area (Å²) >= 11 is 0. The van der Waals surface area contributed by atoms with Gasteiger partial charge in [-0.3, -0.25) is 4.79 Å². The van der Waals surface area contributed by atoms with Gasteiger partial charge >= 0.3 is 0 Å². The van der Waals surface area contributed by atoms with E-state index in [1.165, 1.54) is 12.8 Å². The standard InChI is InChI=1S/C12H19NO/c1-11(14)13(2)10-6-9-12-7-4-3-5-8-12/h3-4,6,9,12H,5,7-8,10H2,1-2H3/b9-6-. The Hall–Kier alpha value is -1.05. The van der Waals surface area contributed by atoms with Gasteiger partial charge in [0.25, 0.3) is 0 Å². The fourth-order valence-electron chi connectivity index (χ4n) is 1.53. The number of rotatable bonds is 3. The molecule has 1 rings (SSSR count). The molecule has 0 saturated heterocycles. The summed E-state index contributed by atoms with van der Waals surface area (Å²) in [5.41, 5.74) is 0. The summed E-state index contributed by atoms with van der Waals surface area (Å²) in [5, 5.41) is 0. The van der Waals surface area contributed by atoms with E-state index in [0.29, 0.717) is 5.92 Å². The van der Waals surface area contributed by atoms with E-state index in [2.05, 4.69) is 24.3 Å². The van der Waals surface area contributed by atoms with Crippen molar-refractivity contribution in [3.05, 3.63) is 24.3 Å². The van der Waals surface area contributed by atoms with Gasteiger partial charge in [-0.25, -0.2) is 0 Å². The number of carbonyl (C=O) groups excluding carboxylic acids is 1. The van der Waals surface area contributed by atoms with Crippen LogP contribution in [-0.4, -0.2) is 24.4 Å². The number of amides is 1. The third-order valence-corrected chi connectivity index (χ3v) is 2.63. The van der Waals surface area contributed by atoms with Gasteiger partial charge in [0, 0.05) is 20.5 Å². The summed E-state index contributed by atoms with van der Waals surface area (Å²) in [7, 11) is 1.83. The predicted octanol–water partition coefficient (Wildman–Crippen LogP) is 2.38. The fourth-order valence-corrected chi connectivity index (χ4v) is 1.53. The Morgan fingerprint density at radius 3 is 2.93 bits per heavy atom. The molecule has 14 heavy (non-hydrogen) atoms. The molecule has 0 heterocycles. The summed E-state index contributed by atoms with van der Waals surface area (Å²) in [4.78, 5) is 12.6. The van der Waals surface area contributed by atoms with E-state index >= 15 is 0 Å². The van der Waals surface area contributed by atoms with E-state index in [9.17, 15) is 4.79 Å². The normalized spacial score (nSPS) is 21.4. The van der Waals surface area contributed by atoms with Crippen molar-refractivity contribution in [2.45, 2.75) is 26.2 Å². The Kier molecular flexibility index (Phi) is 4.44. The van der Waals surface area contributed by atoms with E-state index in [0.717, 1.165) is 13.0 Å². The highest BCUT2D eigenvalue weighted by atomic mass is 16.2. The summed E-state index contributed by atoms with van der Waals surface area (Å²) < 4.78 is 0. The van der Waals surface area contributed by atoms with Crippen molar-refractivity contribution in [3.8, 4) is 0 Å². The third kappa shape index (κ3) is 3.77. The molecular weight excluding hydrogens is 174 g/mol. The lowest BCUT2D eigenvalue weighted by atomic mass is 9.94. The second-order valence-corrected chi connectivity index (χ2v) is 3.87. The number of likely N-dealkylation sites (N-methyl/N-ethyl adjacent to an activating group) is 1. The Morgan fingerprint density at radius 2 is 2.36 bits per heavy atom. The average molecular weight is 193 g/mol. The van der Waals surface area contributed by atoms with Crippen LogP contribution in [0.5, 0.6) is 0 Å². The zero-order chi connectivity index (χ0) is 10.4. The lowest BCUT2D eigenvalue weighted by Gasteiger charge is -2.15. The summed E-state index contributed by atoms with van der Waals surface area (Å²) in [6.07, 6.45) is 12.4. The highest BCUT2D eigenvalue weighted by Gasteiger charge is 2.05. The zero-order valence-corrected chi connectivity index (χ0v) is 9.07. The zero-order valence-electron chi connectivity index (χ0n) is 9.07. The van der Waals surface area contributed by atoms with Crippen molar-refractivity contribution in [2.24, 2.45) is 5.92 Å². The van der Waals surface area contributed by atoms with Gasteiger partial charge in [-0.2, -0.15) is 0 Å². The molecule has 0 fully saturated rings. The molecule has 1 atom stereocenters. The van der Waals surface area contributed by atoms with Crippen LogP contribution >= 0.6 is 0 Å². The first kappa shape index (κ1) is 11.0. The highest BCUT2D eigenvalue weighted by Crippen LogP contribution is 2.18. The van der Waals surface area contributed by atoms with Crippen molar-refractivity contribution in [2.75, 3.05) is 13.6 Å². The minimum absolute atomic E-state index is 0.123. The Labute approximate surface area is 86.3 Å². The van der Waals surface area contributed by atoms with Crippen molar-refractivity contribution in [1.82, 2.24) is 4.90 Å². The van der Waals surface area contributed by atoms with E-state index in [-0.39, 0.29) is 5.91 Å². The summed E-state index contributed by atoms with van der Waals surface area (Å²) in [5.74, 6) is 0.804. The molecule has 2 heteroatoms. The lowest BCUT2D eigenvalue weighted by molar-refractivity contribution is -0.127. The third-order valence-electron chi connectivity index (χ3n) is 2.63. The van der Waals surface area contributed by atoms with Crippen LogP contribution in [-0.2, 0) is 4.79 Å². The predicted molar refractivity (Wildman–Crippen MR) is 58.9 cm³/mol. The first-order chi connectivity index (χ1) is 6.70. The Balaban J connectivity index is 2.26. The van der Waals surface area contributed by atoms with Crippen molar-refractivity contribution in [3.63, 3.8) is 0 Å². The van der Waals surface area contributed by atoms with Crippen LogP contribution in [0, 0.1) is 5.92 Å². The smallest absolute Gasteiger partial charge is 0.219 e. The van der Waals surface area contributed by atoms with Crippen LogP contribution in [0.2, 0.25) is 0 Å². The minimum atomic E-state index is 0.123. The number of allylic oxidation sites excluding steroid dienone is 3. The molecule has 0 bridgehead atoms. The van der Waals surface area contributed by atoms with Gasteiger partial charge in [0.05, 0.1) is 0 Å². The highest BCUT2D eigenvalue weighted by molar-refractivity contribution is 5.72. The van der Waals surface area contributed by atoms with Gasteiger partial charge in [-0.05, 0) is 25.2 Å². The summed E-state index contributed by atoms with van der Waals surface area (Å²) in [6.45, 7) is 2.33. The lowest BCUT2D eigenvalue weighted by Crippen LogP contribution is -2.23. The molecule has 0 aromatic heterocycles. The van der Waals surface area contributed by atoms with Gasteiger partial charge in [-0.1, -0.05) is 24.3 Å². The monoisotopic (exact) mass is 193 g/mol. The largest absolute Gasteiger partial charge is 0.342 e. The molecule has 1 aliphatic rings. The van der Waals surface area contributed by atoms with Crippen LogP contribution in [0.1, 0.15) is 26.2 Å². The Morgan fingerprint density at radius 1 is 1.57 bits per heavy atom. The molecule has 0 aromatic rings. The number of nitrogens with zero attached hydrogens (tertiary/aromatic N) is 1. The second kappa shape index (κ2) is 5.63. The van der Waals surface area contributed by atoms with E-state index < -0.39 is 0 Å². The number of carbonyl (C=O) groups is 1. The van der Waals surface area contributed by atoms with Crippen LogP contribution in [0.25, 0.3) is 0 Å². The molecule has 78 valence electrons. The maximum atomic E-state index is 10.9. The fraction of sp³-hybridized carbons (Fsp3) is 0.583. The van der Waals surface area contributed by atoms with Gasteiger partial charge in [0.15, 0.2) is 0 Å². The summed E-state index contributed by atoms with van der Waals surface area (Å²) in [6, 6.07) is 0. The molecule has 1 aliphatic carbocycles. The van der Waals surface area contributed by atoms with Crippen LogP contribution in [0.4, 0.5) is 0 Å². The first-order valence-electron chi connectivity index (χ1n) is 5.23. The minimum Gasteiger partial charge on any atom is -0.342 e. The molecule has 1 amide bonds. The molecule has 2 nitrogen and oxygen atoms in total. The molecule has 0 radical (unpaired) electrons. The van der Waals surface area contributed by atoms with E-state index in [4.69, 9.17) is 0 Å². The van der Waals surface area contributed by atoms with Gasteiger partial charge in [-0.15, -0.1) is 0 Å². The molecule has 0 aliphatic heterocycles. The SMILES string of the molecule is CC(=O)N(C)C/C=C\C1CC=CCC1. The number of hydrogen-bond acceptors (Lipinski definition) is 1. The average Bonchev–Trinajstić information content (AvgIpc) is 2.19. The maximum Gasteiger partial charge on any atom is 0.219 e. The van der Waals surface area contributed by atoms with Crippen LogP contribution in [0.3, 0.4) is 0 Å². The molecule has 0 spiro atoms. The Bertz CT molecular complexity index is 243. The molecule has 0 saturated carbocycles.